The van der Waals surface area contributed by atoms with E-state index in [0.29, 0.717) is 11.3 Å². The molecule has 4 rings (SSSR count). The maximum atomic E-state index is 12.1. The highest BCUT2D eigenvalue weighted by molar-refractivity contribution is 7.71. The summed E-state index contributed by atoms with van der Waals surface area (Å²) in [5.41, 5.74) is 1.79. The third-order valence-electron chi connectivity index (χ3n) is 3.08. The van der Waals surface area contributed by atoms with Crippen LogP contribution in [0.3, 0.4) is 0 Å². The van der Waals surface area contributed by atoms with Crippen molar-refractivity contribution in [3.05, 3.63) is 50.2 Å². The second-order valence-corrected chi connectivity index (χ2v) is 6.78. The van der Waals surface area contributed by atoms with Crippen molar-refractivity contribution in [2.45, 2.75) is 0 Å². The van der Waals surface area contributed by atoms with E-state index in [9.17, 15) is 4.79 Å². The minimum absolute atomic E-state index is 0.243. The van der Waals surface area contributed by atoms with Crippen LogP contribution in [0.15, 0.2) is 39.8 Å². The molecule has 0 spiro atoms. The first-order chi connectivity index (χ1) is 10.7. The van der Waals surface area contributed by atoms with Crippen molar-refractivity contribution in [2.75, 3.05) is 0 Å². The van der Waals surface area contributed by atoms with E-state index in [1.54, 1.807) is 22.7 Å². The lowest BCUT2D eigenvalue weighted by Crippen LogP contribution is -2.11. The Labute approximate surface area is 137 Å². The first-order valence-corrected chi connectivity index (χ1v) is 8.51. The molecule has 0 saturated heterocycles. The van der Waals surface area contributed by atoms with Crippen LogP contribution in [0.2, 0.25) is 0 Å². The molecule has 0 saturated carbocycles. The van der Waals surface area contributed by atoms with Crippen molar-refractivity contribution in [1.29, 1.82) is 0 Å². The van der Waals surface area contributed by atoms with Crippen LogP contribution in [0.1, 0.15) is 0 Å². The number of aromatic amines is 2. The SMILES string of the molecule is O=c1[nH]c(=S)[nH]c2nc(-c3cccs3)c(-c3cccs3)nc12. The van der Waals surface area contributed by atoms with Gasteiger partial charge in [-0.2, -0.15) is 0 Å². The van der Waals surface area contributed by atoms with Gasteiger partial charge < -0.3 is 4.98 Å². The number of nitrogens with one attached hydrogen (secondary N) is 2. The molecule has 5 nitrogen and oxygen atoms in total. The van der Waals surface area contributed by atoms with E-state index in [0.717, 1.165) is 15.4 Å². The maximum Gasteiger partial charge on any atom is 0.279 e. The average molecular weight is 344 g/mol. The lowest BCUT2D eigenvalue weighted by molar-refractivity contribution is 1.09. The summed E-state index contributed by atoms with van der Waals surface area (Å²) in [5.74, 6) is 0. The average Bonchev–Trinajstić information content (AvgIpc) is 3.19. The van der Waals surface area contributed by atoms with Gasteiger partial charge in [0.2, 0.25) is 0 Å². The standard InChI is InChI=1S/C14H8N4OS3/c19-13-11-12(17-14(20)18-13)16-10(8-4-2-6-22-8)9(15-11)7-3-1-5-21-7/h1-6H,(H2,16,17,18,19,20). The smallest absolute Gasteiger partial charge is 0.279 e. The van der Waals surface area contributed by atoms with Gasteiger partial charge in [-0.3, -0.25) is 9.78 Å². The van der Waals surface area contributed by atoms with Crippen LogP contribution >= 0.6 is 34.9 Å². The summed E-state index contributed by atoms with van der Waals surface area (Å²) in [4.78, 5) is 28.7. The zero-order chi connectivity index (χ0) is 15.1. The highest BCUT2D eigenvalue weighted by Crippen LogP contribution is 2.34. The molecular formula is C14H8N4OS3. The van der Waals surface area contributed by atoms with Crippen molar-refractivity contribution >= 4 is 46.1 Å². The summed E-state index contributed by atoms with van der Waals surface area (Å²) >= 11 is 8.15. The van der Waals surface area contributed by atoms with E-state index >= 15 is 0 Å². The number of fused-ring (bicyclic) bond motifs is 1. The number of hydrogen-bond donors (Lipinski definition) is 2. The van der Waals surface area contributed by atoms with Crippen LogP contribution in [0.25, 0.3) is 32.3 Å². The van der Waals surface area contributed by atoms with Crippen LogP contribution in [-0.2, 0) is 0 Å². The Balaban J connectivity index is 2.13. The summed E-state index contributed by atoms with van der Waals surface area (Å²) in [6.07, 6.45) is 0. The number of H-pyrrole nitrogens is 2. The number of nitrogens with zero attached hydrogens (tertiary/aromatic N) is 2. The number of aromatic nitrogens is 4. The molecule has 2 N–H and O–H groups in total. The molecule has 8 heteroatoms. The van der Waals surface area contributed by atoms with Crippen LogP contribution in [-0.4, -0.2) is 19.9 Å². The van der Waals surface area contributed by atoms with Gasteiger partial charge in [-0.05, 0) is 35.1 Å². The van der Waals surface area contributed by atoms with Crippen LogP contribution < -0.4 is 5.56 Å². The topological polar surface area (TPSA) is 74.4 Å². The molecular weight excluding hydrogens is 336 g/mol. The molecule has 4 aromatic heterocycles. The zero-order valence-electron chi connectivity index (χ0n) is 11.0. The third kappa shape index (κ3) is 2.21. The van der Waals surface area contributed by atoms with Crippen molar-refractivity contribution in [3.8, 4) is 21.1 Å². The molecule has 0 radical (unpaired) electrons. The highest BCUT2D eigenvalue weighted by atomic mass is 32.1. The van der Waals surface area contributed by atoms with Crippen LogP contribution in [0.4, 0.5) is 0 Å². The summed E-state index contributed by atoms with van der Waals surface area (Å²) in [6, 6.07) is 7.87. The summed E-state index contributed by atoms with van der Waals surface area (Å²) in [7, 11) is 0. The first kappa shape index (κ1) is 13.5. The Hall–Kier alpha value is -2.16. The lowest BCUT2D eigenvalue weighted by atomic mass is 10.2. The molecule has 0 unspecified atom stereocenters. The van der Waals surface area contributed by atoms with Gasteiger partial charge in [0.05, 0.1) is 9.75 Å². The van der Waals surface area contributed by atoms with E-state index in [4.69, 9.17) is 12.2 Å². The number of rotatable bonds is 2. The fourth-order valence-corrected chi connectivity index (χ4v) is 3.77. The monoisotopic (exact) mass is 344 g/mol. The predicted octanol–water partition coefficient (Wildman–Crippen LogP) is 3.83. The molecule has 0 aliphatic rings. The molecule has 0 bridgehead atoms. The van der Waals surface area contributed by atoms with Gasteiger partial charge in [0.25, 0.3) is 5.56 Å². The van der Waals surface area contributed by atoms with E-state index in [-0.39, 0.29) is 15.8 Å². The molecule has 22 heavy (non-hydrogen) atoms. The third-order valence-corrected chi connectivity index (χ3v) is 5.04. The Morgan fingerprint density at radius 2 is 1.59 bits per heavy atom. The summed E-state index contributed by atoms with van der Waals surface area (Å²) < 4.78 is 0.243. The maximum absolute atomic E-state index is 12.1. The fraction of sp³-hybridized carbons (Fsp3) is 0. The molecule has 0 fully saturated rings. The number of thiophene rings is 2. The van der Waals surface area contributed by atoms with Crippen LogP contribution in [0.5, 0.6) is 0 Å². The quantitative estimate of drug-likeness (QED) is 0.542. The van der Waals surface area contributed by atoms with Gasteiger partial charge in [0.15, 0.2) is 15.9 Å². The zero-order valence-corrected chi connectivity index (χ0v) is 13.4. The van der Waals surface area contributed by atoms with Crippen molar-refractivity contribution < 1.29 is 0 Å². The van der Waals surface area contributed by atoms with E-state index < -0.39 is 0 Å². The highest BCUT2D eigenvalue weighted by Gasteiger charge is 2.16. The van der Waals surface area contributed by atoms with Crippen molar-refractivity contribution in [2.24, 2.45) is 0 Å². The molecule has 0 aromatic carbocycles. The summed E-state index contributed by atoms with van der Waals surface area (Å²) in [6.45, 7) is 0. The van der Waals surface area contributed by atoms with Gasteiger partial charge in [-0.1, -0.05) is 12.1 Å². The lowest BCUT2D eigenvalue weighted by Gasteiger charge is -2.06. The van der Waals surface area contributed by atoms with E-state index in [2.05, 4.69) is 19.9 Å². The Bertz CT molecular complexity index is 1060. The molecule has 0 atom stereocenters. The molecule has 0 aliphatic heterocycles. The van der Waals surface area contributed by atoms with E-state index in [1.807, 2.05) is 35.0 Å². The molecule has 108 valence electrons. The normalized spacial score (nSPS) is 11.1. The first-order valence-electron chi connectivity index (χ1n) is 6.34. The van der Waals surface area contributed by atoms with Crippen molar-refractivity contribution in [3.63, 3.8) is 0 Å². The minimum Gasteiger partial charge on any atom is -0.315 e. The number of hydrogen-bond acceptors (Lipinski definition) is 6. The molecule has 0 aliphatic carbocycles. The second kappa shape index (κ2) is 5.24. The van der Waals surface area contributed by atoms with Gasteiger partial charge >= 0.3 is 0 Å². The Morgan fingerprint density at radius 1 is 0.955 bits per heavy atom. The largest absolute Gasteiger partial charge is 0.315 e. The minimum atomic E-state index is -0.332. The molecule has 4 heterocycles. The van der Waals surface area contributed by atoms with Crippen LogP contribution in [0, 0.1) is 4.77 Å². The van der Waals surface area contributed by atoms with Gasteiger partial charge in [0, 0.05) is 0 Å². The van der Waals surface area contributed by atoms with Crippen molar-refractivity contribution in [1.82, 2.24) is 19.9 Å². The fourth-order valence-electron chi connectivity index (χ4n) is 2.15. The Morgan fingerprint density at radius 3 is 2.18 bits per heavy atom. The summed E-state index contributed by atoms with van der Waals surface area (Å²) in [5, 5.41) is 3.96. The Kier molecular flexibility index (Phi) is 3.21. The second-order valence-electron chi connectivity index (χ2n) is 4.48. The predicted molar refractivity (Wildman–Crippen MR) is 92.0 cm³/mol. The molecule has 0 amide bonds. The van der Waals surface area contributed by atoms with Gasteiger partial charge in [0.1, 0.15) is 11.4 Å². The van der Waals surface area contributed by atoms with Gasteiger partial charge in [-0.25, -0.2) is 9.97 Å². The van der Waals surface area contributed by atoms with Gasteiger partial charge in [-0.15, -0.1) is 22.7 Å². The van der Waals surface area contributed by atoms with E-state index in [1.165, 1.54) is 0 Å². The molecule has 4 aromatic rings.